The van der Waals surface area contributed by atoms with Gasteiger partial charge in [-0.2, -0.15) is 0 Å². The fourth-order valence-electron chi connectivity index (χ4n) is 3.00. The third-order valence-electron chi connectivity index (χ3n) is 4.12. The van der Waals surface area contributed by atoms with Crippen molar-refractivity contribution >= 4 is 0 Å². The lowest BCUT2D eigenvalue weighted by atomic mass is 9.94. The van der Waals surface area contributed by atoms with E-state index < -0.39 is 0 Å². The van der Waals surface area contributed by atoms with Gasteiger partial charge in [0.05, 0.1) is 13.1 Å². The van der Waals surface area contributed by atoms with Gasteiger partial charge in [-0.3, -0.25) is 4.90 Å². The zero-order valence-electron chi connectivity index (χ0n) is 12.5. The van der Waals surface area contributed by atoms with E-state index in [1.807, 2.05) is 0 Å². The average Bonchev–Trinajstić information content (AvgIpc) is 2.91. The number of hydrogen-bond donors (Lipinski definition) is 1. The van der Waals surface area contributed by atoms with Crippen LogP contribution in [0, 0.1) is 0 Å². The maximum absolute atomic E-state index is 5.90. The lowest BCUT2D eigenvalue weighted by Gasteiger charge is -2.32. The highest BCUT2D eigenvalue weighted by atomic mass is 16.3. The van der Waals surface area contributed by atoms with Gasteiger partial charge >= 0.3 is 0 Å². The summed E-state index contributed by atoms with van der Waals surface area (Å²) in [6.45, 7) is 8.29. The molecule has 3 heteroatoms. The third kappa shape index (κ3) is 4.36. The van der Waals surface area contributed by atoms with Crippen molar-refractivity contribution in [2.45, 2.75) is 65.1 Å². The van der Waals surface area contributed by atoms with E-state index in [4.69, 9.17) is 4.42 Å². The molecule has 0 aliphatic heterocycles. The summed E-state index contributed by atoms with van der Waals surface area (Å²) in [5, 5.41) is 3.30. The third-order valence-corrected chi connectivity index (χ3v) is 4.12. The highest BCUT2D eigenvalue weighted by molar-refractivity contribution is 5.07. The molecule has 0 spiro atoms. The maximum Gasteiger partial charge on any atom is 0.118 e. The first kappa shape index (κ1) is 14.6. The van der Waals surface area contributed by atoms with Gasteiger partial charge in [-0.1, -0.05) is 33.1 Å². The molecular weight excluding hydrogens is 236 g/mol. The molecule has 0 saturated heterocycles. The highest BCUT2D eigenvalue weighted by Crippen LogP contribution is 2.24. The Morgan fingerprint density at radius 2 is 1.89 bits per heavy atom. The Hall–Kier alpha value is -0.800. The molecule has 0 aromatic carbocycles. The molecule has 1 aliphatic rings. The molecule has 0 atom stereocenters. The molecule has 0 unspecified atom stereocenters. The van der Waals surface area contributed by atoms with E-state index in [-0.39, 0.29) is 0 Å². The van der Waals surface area contributed by atoms with Crippen molar-refractivity contribution in [3.8, 4) is 0 Å². The standard InChI is InChI=1S/C16H28N2O/c1-3-17-12-15-10-11-16(19-15)13-18(4-2)14-8-6-5-7-9-14/h10-11,14,17H,3-9,12-13H2,1-2H3. The van der Waals surface area contributed by atoms with Crippen LogP contribution in [0.5, 0.6) is 0 Å². The Morgan fingerprint density at radius 1 is 1.16 bits per heavy atom. The van der Waals surface area contributed by atoms with Crippen molar-refractivity contribution in [3.63, 3.8) is 0 Å². The molecule has 1 aliphatic carbocycles. The molecule has 108 valence electrons. The topological polar surface area (TPSA) is 28.4 Å². The normalized spacial score (nSPS) is 17.2. The summed E-state index contributed by atoms with van der Waals surface area (Å²) in [5.74, 6) is 2.16. The van der Waals surface area contributed by atoms with Gasteiger partial charge in [-0.05, 0) is 38.1 Å². The van der Waals surface area contributed by atoms with Gasteiger partial charge in [0.25, 0.3) is 0 Å². The van der Waals surface area contributed by atoms with Crippen LogP contribution < -0.4 is 5.32 Å². The molecule has 0 bridgehead atoms. The lowest BCUT2D eigenvalue weighted by molar-refractivity contribution is 0.144. The Labute approximate surface area is 117 Å². The molecule has 1 fully saturated rings. The minimum absolute atomic E-state index is 0.765. The Kier molecular flexibility index (Phi) is 5.93. The molecule has 1 aromatic heterocycles. The Bertz CT molecular complexity index is 355. The van der Waals surface area contributed by atoms with Gasteiger partial charge in [0.2, 0.25) is 0 Å². The predicted molar refractivity (Wildman–Crippen MR) is 79.0 cm³/mol. The first-order valence-electron chi connectivity index (χ1n) is 7.85. The van der Waals surface area contributed by atoms with E-state index in [1.165, 1.54) is 32.1 Å². The maximum atomic E-state index is 5.90. The average molecular weight is 264 g/mol. The van der Waals surface area contributed by atoms with E-state index in [1.54, 1.807) is 0 Å². The van der Waals surface area contributed by atoms with Crippen molar-refractivity contribution in [3.05, 3.63) is 23.7 Å². The zero-order chi connectivity index (χ0) is 13.5. The van der Waals surface area contributed by atoms with Gasteiger partial charge < -0.3 is 9.73 Å². The van der Waals surface area contributed by atoms with Crippen LogP contribution in [0.1, 0.15) is 57.5 Å². The van der Waals surface area contributed by atoms with Crippen LogP contribution >= 0.6 is 0 Å². The SMILES string of the molecule is CCNCc1ccc(CN(CC)C2CCCCC2)o1. The van der Waals surface area contributed by atoms with Gasteiger partial charge in [0.15, 0.2) is 0 Å². The van der Waals surface area contributed by atoms with Crippen LogP contribution in [0.25, 0.3) is 0 Å². The molecule has 1 saturated carbocycles. The number of nitrogens with zero attached hydrogens (tertiary/aromatic N) is 1. The van der Waals surface area contributed by atoms with Gasteiger partial charge in [-0.15, -0.1) is 0 Å². The van der Waals surface area contributed by atoms with Crippen LogP contribution in [0.3, 0.4) is 0 Å². The van der Waals surface area contributed by atoms with Crippen molar-refractivity contribution in [1.82, 2.24) is 10.2 Å². The first-order valence-corrected chi connectivity index (χ1v) is 7.85. The smallest absolute Gasteiger partial charge is 0.118 e. The van der Waals surface area contributed by atoms with E-state index in [2.05, 4.69) is 36.2 Å². The van der Waals surface area contributed by atoms with Crippen molar-refractivity contribution in [1.29, 1.82) is 0 Å². The van der Waals surface area contributed by atoms with Crippen LogP contribution in [0.2, 0.25) is 0 Å². The minimum Gasteiger partial charge on any atom is -0.463 e. The van der Waals surface area contributed by atoms with Crippen molar-refractivity contribution < 1.29 is 4.42 Å². The summed E-state index contributed by atoms with van der Waals surface area (Å²) in [4.78, 5) is 2.58. The molecule has 19 heavy (non-hydrogen) atoms. The molecule has 1 heterocycles. The predicted octanol–water partition coefficient (Wildman–Crippen LogP) is 3.54. The van der Waals surface area contributed by atoms with Crippen LogP contribution in [0.4, 0.5) is 0 Å². The number of hydrogen-bond acceptors (Lipinski definition) is 3. The second kappa shape index (κ2) is 7.71. The van der Waals surface area contributed by atoms with Crippen LogP contribution in [-0.4, -0.2) is 24.0 Å². The summed E-state index contributed by atoms with van der Waals surface area (Å²) >= 11 is 0. The van der Waals surface area contributed by atoms with Crippen molar-refractivity contribution in [2.75, 3.05) is 13.1 Å². The molecule has 3 nitrogen and oxygen atoms in total. The lowest BCUT2D eigenvalue weighted by Crippen LogP contribution is -2.35. The van der Waals surface area contributed by atoms with Gasteiger partial charge in [0, 0.05) is 6.04 Å². The van der Waals surface area contributed by atoms with E-state index in [9.17, 15) is 0 Å². The molecule has 0 radical (unpaired) electrons. The molecule has 0 amide bonds. The van der Waals surface area contributed by atoms with E-state index in [0.717, 1.165) is 43.7 Å². The molecule has 1 aromatic rings. The summed E-state index contributed by atoms with van der Waals surface area (Å²) in [5.41, 5.74) is 0. The van der Waals surface area contributed by atoms with Crippen molar-refractivity contribution in [2.24, 2.45) is 0 Å². The Morgan fingerprint density at radius 3 is 2.58 bits per heavy atom. The van der Waals surface area contributed by atoms with E-state index in [0.29, 0.717) is 0 Å². The fourth-order valence-corrected chi connectivity index (χ4v) is 3.00. The first-order chi connectivity index (χ1) is 9.33. The number of nitrogens with one attached hydrogen (secondary N) is 1. The molecule has 1 N–H and O–H groups in total. The van der Waals surface area contributed by atoms with Gasteiger partial charge in [-0.25, -0.2) is 0 Å². The molecular formula is C16H28N2O. The Balaban J connectivity index is 1.88. The van der Waals surface area contributed by atoms with Crippen LogP contribution in [-0.2, 0) is 13.1 Å². The van der Waals surface area contributed by atoms with Gasteiger partial charge in [0.1, 0.15) is 11.5 Å². The highest BCUT2D eigenvalue weighted by Gasteiger charge is 2.20. The minimum atomic E-state index is 0.765. The second-order valence-electron chi connectivity index (χ2n) is 5.50. The summed E-state index contributed by atoms with van der Waals surface area (Å²) < 4.78 is 5.90. The summed E-state index contributed by atoms with van der Waals surface area (Å²) in [6, 6.07) is 5.01. The molecule has 2 rings (SSSR count). The monoisotopic (exact) mass is 264 g/mol. The zero-order valence-corrected chi connectivity index (χ0v) is 12.5. The number of furan rings is 1. The number of rotatable bonds is 7. The summed E-state index contributed by atoms with van der Waals surface area (Å²) in [6.07, 6.45) is 6.93. The fraction of sp³-hybridized carbons (Fsp3) is 0.750. The largest absolute Gasteiger partial charge is 0.463 e. The summed E-state index contributed by atoms with van der Waals surface area (Å²) in [7, 11) is 0. The van der Waals surface area contributed by atoms with Crippen LogP contribution in [0.15, 0.2) is 16.5 Å². The second-order valence-corrected chi connectivity index (χ2v) is 5.50. The quantitative estimate of drug-likeness (QED) is 0.816. The van der Waals surface area contributed by atoms with E-state index >= 15 is 0 Å².